The second kappa shape index (κ2) is 13.9. The Morgan fingerprint density at radius 1 is 1.18 bits per heavy atom. The lowest BCUT2D eigenvalue weighted by atomic mass is 10.0. The van der Waals surface area contributed by atoms with Gasteiger partial charge in [0.1, 0.15) is 17.2 Å². The molecule has 4 rings (SSSR count). The number of hydrogen-bond donors (Lipinski definition) is 1. The molecule has 0 unspecified atom stereocenters. The number of likely N-dealkylation sites (N-methyl/N-ethyl adjacent to an activating group) is 1. The van der Waals surface area contributed by atoms with Crippen LogP contribution in [-0.4, -0.2) is 84.0 Å². The first-order chi connectivity index (χ1) is 19.2. The minimum atomic E-state index is -0.394. The summed E-state index contributed by atoms with van der Waals surface area (Å²) in [5.74, 6) is 1.81. The van der Waals surface area contributed by atoms with Gasteiger partial charge in [0.2, 0.25) is 11.8 Å². The van der Waals surface area contributed by atoms with E-state index in [0.29, 0.717) is 61.9 Å². The molecule has 2 aromatic carbocycles. The number of carbonyl (C=O) groups excluding carboxylic acids is 3. The summed E-state index contributed by atoms with van der Waals surface area (Å²) < 4.78 is 18.4. The summed E-state index contributed by atoms with van der Waals surface area (Å²) in [6.07, 6.45) is 2.66. The van der Waals surface area contributed by atoms with E-state index in [9.17, 15) is 14.4 Å². The van der Waals surface area contributed by atoms with E-state index < -0.39 is 6.04 Å². The van der Waals surface area contributed by atoms with Crippen molar-refractivity contribution in [2.24, 2.45) is 0 Å². The Hall–Kier alpha value is -3.24. The minimum absolute atomic E-state index is 0.0729. The van der Waals surface area contributed by atoms with Crippen molar-refractivity contribution >= 4 is 29.5 Å². The summed E-state index contributed by atoms with van der Waals surface area (Å²) in [6.45, 7) is 7.14. The van der Waals surface area contributed by atoms with E-state index in [-0.39, 0.29) is 36.5 Å². The number of carbonyl (C=O) groups is 3. The number of rotatable bonds is 6. The van der Waals surface area contributed by atoms with Gasteiger partial charge < -0.3 is 29.3 Å². The van der Waals surface area contributed by atoms with Crippen molar-refractivity contribution in [3.05, 3.63) is 53.6 Å². The number of nitrogens with one attached hydrogen (secondary N) is 1. The molecule has 0 aliphatic carbocycles. The van der Waals surface area contributed by atoms with E-state index in [0.717, 1.165) is 11.3 Å². The standard InChI is InChI=1S/C30H39N3O6S/c1-5-32-18-28(34)31-26-17-33(29(35)10-12-40-4)11-9-27(26)37-19-21-7-6-8-23(13-21)39-25-15-22(30(32)36)14-24(16-25)38-20(2)3/h6-8,13-16,20,26-27H,5,9-12,17-19H2,1-4H3,(H,31,34)/t26-,27-/m0/s1. The van der Waals surface area contributed by atoms with Gasteiger partial charge in [-0.1, -0.05) is 12.1 Å². The molecule has 40 heavy (non-hydrogen) atoms. The first kappa shape index (κ1) is 29.7. The number of nitrogens with zero attached hydrogens (tertiary/aromatic N) is 2. The molecule has 0 radical (unpaired) electrons. The fraction of sp³-hybridized carbons (Fsp3) is 0.500. The molecule has 0 saturated carbocycles. The SMILES string of the molecule is CCN1CC(=O)N[C@H]2CN(C(=O)CCSC)CC[C@@H]2OCc2cccc(c2)Oc2cc(OC(C)C)cc(c2)C1=O. The van der Waals surface area contributed by atoms with Crippen molar-refractivity contribution in [1.82, 2.24) is 15.1 Å². The predicted octanol–water partition coefficient (Wildman–Crippen LogP) is 4.10. The Bertz CT molecular complexity index is 1210. The van der Waals surface area contributed by atoms with Crippen molar-refractivity contribution in [3.8, 4) is 17.2 Å². The lowest BCUT2D eigenvalue weighted by molar-refractivity contribution is -0.137. The molecule has 2 atom stereocenters. The maximum absolute atomic E-state index is 13.6. The third kappa shape index (κ3) is 7.91. The van der Waals surface area contributed by atoms with Crippen molar-refractivity contribution in [1.29, 1.82) is 0 Å². The zero-order chi connectivity index (χ0) is 28.6. The van der Waals surface area contributed by atoms with Gasteiger partial charge in [0.15, 0.2) is 0 Å². The molecule has 2 heterocycles. The largest absolute Gasteiger partial charge is 0.491 e. The molecule has 2 aromatic rings. The van der Waals surface area contributed by atoms with Gasteiger partial charge >= 0.3 is 0 Å². The molecule has 4 bridgehead atoms. The van der Waals surface area contributed by atoms with Gasteiger partial charge in [0.05, 0.1) is 31.4 Å². The fourth-order valence-electron chi connectivity index (χ4n) is 4.91. The van der Waals surface area contributed by atoms with E-state index >= 15 is 0 Å². The van der Waals surface area contributed by atoms with Crippen LogP contribution in [0.2, 0.25) is 0 Å². The molecule has 10 heteroatoms. The highest BCUT2D eigenvalue weighted by Gasteiger charge is 2.34. The zero-order valence-electron chi connectivity index (χ0n) is 23.7. The Labute approximate surface area is 240 Å². The summed E-state index contributed by atoms with van der Waals surface area (Å²) in [7, 11) is 0. The first-order valence-electron chi connectivity index (χ1n) is 13.8. The minimum Gasteiger partial charge on any atom is -0.491 e. The third-order valence-electron chi connectivity index (χ3n) is 6.87. The molecule has 3 amide bonds. The van der Waals surface area contributed by atoms with Crippen molar-refractivity contribution in [2.75, 3.05) is 38.2 Å². The average molecular weight is 570 g/mol. The van der Waals surface area contributed by atoms with Crippen LogP contribution in [0.25, 0.3) is 0 Å². The van der Waals surface area contributed by atoms with Crippen LogP contribution in [0.1, 0.15) is 49.5 Å². The van der Waals surface area contributed by atoms with Crippen LogP contribution >= 0.6 is 11.8 Å². The number of hydrogen-bond acceptors (Lipinski definition) is 7. The zero-order valence-corrected chi connectivity index (χ0v) is 24.5. The molecule has 9 nitrogen and oxygen atoms in total. The van der Waals surface area contributed by atoms with Crippen LogP contribution in [0, 0.1) is 0 Å². The molecule has 0 aromatic heterocycles. The Kier molecular flexibility index (Phi) is 10.3. The smallest absolute Gasteiger partial charge is 0.254 e. The number of likely N-dealkylation sites (tertiary alicyclic amines) is 1. The van der Waals surface area contributed by atoms with Gasteiger partial charge in [-0.2, -0.15) is 11.8 Å². The highest BCUT2D eigenvalue weighted by molar-refractivity contribution is 7.98. The van der Waals surface area contributed by atoms with Gasteiger partial charge in [-0.25, -0.2) is 0 Å². The summed E-state index contributed by atoms with van der Waals surface area (Å²) in [6, 6.07) is 12.3. The summed E-state index contributed by atoms with van der Waals surface area (Å²) in [5, 5.41) is 3.07. The van der Waals surface area contributed by atoms with Crippen LogP contribution in [0.4, 0.5) is 0 Å². The van der Waals surface area contributed by atoms with Crippen LogP contribution in [-0.2, 0) is 20.9 Å². The molecular formula is C30H39N3O6S. The van der Waals surface area contributed by atoms with Crippen molar-refractivity contribution < 1.29 is 28.6 Å². The molecule has 2 aliphatic rings. The predicted molar refractivity (Wildman–Crippen MR) is 155 cm³/mol. The van der Waals surface area contributed by atoms with E-state index in [4.69, 9.17) is 14.2 Å². The third-order valence-corrected chi connectivity index (χ3v) is 7.48. The molecule has 0 spiro atoms. The normalized spacial score (nSPS) is 20.0. The number of piperidine rings is 1. The van der Waals surface area contributed by atoms with E-state index in [2.05, 4.69) is 5.32 Å². The second-order valence-corrected chi connectivity index (χ2v) is 11.3. The lowest BCUT2D eigenvalue weighted by Crippen LogP contribution is -2.58. The number of fused-ring (bicyclic) bond motifs is 5. The van der Waals surface area contributed by atoms with Crippen molar-refractivity contribution in [3.63, 3.8) is 0 Å². The number of thioether (sulfide) groups is 1. The van der Waals surface area contributed by atoms with Crippen LogP contribution in [0.15, 0.2) is 42.5 Å². The molecule has 1 saturated heterocycles. The summed E-state index contributed by atoms with van der Waals surface area (Å²) in [5.41, 5.74) is 1.28. The maximum atomic E-state index is 13.6. The molecular weight excluding hydrogens is 530 g/mol. The quantitative estimate of drug-likeness (QED) is 0.560. The Morgan fingerprint density at radius 2 is 2.00 bits per heavy atom. The fourth-order valence-corrected chi connectivity index (χ4v) is 5.29. The van der Waals surface area contributed by atoms with Gasteiger partial charge in [0.25, 0.3) is 5.91 Å². The van der Waals surface area contributed by atoms with Gasteiger partial charge in [-0.15, -0.1) is 0 Å². The lowest BCUT2D eigenvalue weighted by Gasteiger charge is -2.39. The van der Waals surface area contributed by atoms with Crippen LogP contribution in [0.3, 0.4) is 0 Å². The average Bonchev–Trinajstić information content (AvgIpc) is 2.92. The number of ether oxygens (including phenoxy) is 3. The van der Waals surface area contributed by atoms with E-state index in [1.165, 1.54) is 4.90 Å². The maximum Gasteiger partial charge on any atom is 0.254 e. The van der Waals surface area contributed by atoms with E-state index in [1.807, 2.05) is 51.3 Å². The van der Waals surface area contributed by atoms with Gasteiger partial charge in [-0.05, 0) is 63.3 Å². The van der Waals surface area contributed by atoms with E-state index in [1.54, 1.807) is 34.9 Å². The Balaban J connectivity index is 1.65. The van der Waals surface area contributed by atoms with Gasteiger partial charge in [0, 0.05) is 43.4 Å². The topological polar surface area (TPSA) is 97.4 Å². The van der Waals surface area contributed by atoms with Crippen LogP contribution < -0.4 is 14.8 Å². The molecule has 216 valence electrons. The molecule has 1 fully saturated rings. The van der Waals surface area contributed by atoms with Gasteiger partial charge in [-0.3, -0.25) is 14.4 Å². The number of benzene rings is 2. The van der Waals surface area contributed by atoms with Crippen molar-refractivity contribution in [2.45, 2.75) is 58.5 Å². The number of amides is 3. The second-order valence-electron chi connectivity index (χ2n) is 10.3. The highest BCUT2D eigenvalue weighted by atomic mass is 32.2. The summed E-state index contributed by atoms with van der Waals surface area (Å²) >= 11 is 1.63. The Morgan fingerprint density at radius 3 is 2.75 bits per heavy atom. The first-order valence-corrected chi connectivity index (χ1v) is 15.2. The molecule has 2 aliphatic heterocycles. The molecule has 1 N–H and O–H groups in total. The van der Waals surface area contributed by atoms with Crippen LogP contribution in [0.5, 0.6) is 17.2 Å². The monoisotopic (exact) mass is 569 g/mol. The highest BCUT2D eigenvalue weighted by Crippen LogP contribution is 2.30. The summed E-state index contributed by atoms with van der Waals surface area (Å²) in [4.78, 5) is 42.9.